The SMILES string of the molecule is CCNC1C(CO)=C(SCS(N)(=O)=O)S(=O)(=O)C(O)C1(O)O. The van der Waals surface area contributed by atoms with Gasteiger partial charge in [0, 0.05) is 5.57 Å². The number of nitrogens with two attached hydrogens (primary N) is 1. The van der Waals surface area contributed by atoms with Crippen LogP contribution in [0.15, 0.2) is 9.81 Å². The van der Waals surface area contributed by atoms with Crippen LogP contribution in [0.2, 0.25) is 0 Å². The predicted molar refractivity (Wildman–Crippen MR) is 79.2 cm³/mol. The van der Waals surface area contributed by atoms with Crippen LogP contribution in [-0.4, -0.2) is 72.8 Å². The van der Waals surface area contributed by atoms with Crippen LogP contribution >= 0.6 is 11.8 Å². The molecule has 130 valence electrons. The summed E-state index contributed by atoms with van der Waals surface area (Å²) in [5, 5.41) is 45.4. The quantitative estimate of drug-likeness (QED) is 0.254. The Morgan fingerprint density at radius 3 is 2.36 bits per heavy atom. The Labute approximate surface area is 132 Å². The smallest absolute Gasteiger partial charge is 0.224 e. The van der Waals surface area contributed by atoms with E-state index in [-0.39, 0.29) is 23.9 Å². The van der Waals surface area contributed by atoms with Gasteiger partial charge >= 0.3 is 0 Å². The van der Waals surface area contributed by atoms with E-state index in [0.29, 0.717) is 0 Å². The Balaban J connectivity index is 3.48. The second-order valence-electron chi connectivity index (χ2n) is 4.57. The molecule has 1 aliphatic rings. The lowest BCUT2D eigenvalue weighted by atomic mass is 9.99. The van der Waals surface area contributed by atoms with Crippen LogP contribution in [-0.2, 0) is 19.9 Å². The molecule has 0 bridgehead atoms. The molecule has 22 heavy (non-hydrogen) atoms. The van der Waals surface area contributed by atoms with Crippen molar-refractivity contribution < 1.29 is 37.3 Å². The Morgan fingerprint density at radius 2 is 1.95 bits per heavy atom. The highest BCUT2D eigenvalue weighted by atomic mass is 32.3. The Hall–Kier alpha value is -0.250. The van der Waals surface area contributed by atoms with Crippen LogP contribution < -0.4 is 10.5 Å². The number of hydrogen-bond acceptors (Lipinski definition) is 10. The molecule has 0 spiro atoms. The van der Waals surface area contributed by atoms with Crippen molar-refractivity contribution in [1.29, 1.82) is 0 Å². The Morgan fingerprint density at radius 1 is 1.41 bits per heavy atom. The van der Waals surface area contributed by atoms with E-state index in [1.165, 1.54) is 0 Å². The minimum Gasteiger partial charge on any atom is -0.392 e. The number of likely N-dealkylation sites (N-methyl/N-ethyl adjacent to an activating group) is 1. The van der Waals surface area contributed by atoms with Gasteiger partial charge in [0.1, 0.15) is 9.32 Å². The lowest BCUT2D eigenvalue weighted by molar-refractivity contribution is -0.215. The van der Waals surface area contributed by atoms with Crippen LogP contribution in [0.3, 0.4) is 0 Å². The number of rotatable bonds is 6. The van der Waals surface area contributed by atoms with Gasteiger partial charge in [0.05, 0.1) is 12.6 Å². The fraction of sp³-hybridized carbons (Fsp3) is 0.778. The number of aliphatic hydroxyl groups excluding tert-OH is 2. The van der Waals surface area contributed by atoms with Crippen molar-refractivity contribution >= 4 is 31.6 Å². The van der Waals surface area contributed by atoms with Crippen LogP contribution in [0.4, 0.5) is 0 Å². The minimum absolute atomic E-state index is 0.164. The lowest BCUT2D eigenvalue weighted by Crippen LogP contribution is -2.64. The van der Waals surface area contributed by atoms with Gasteiger partial charge in [-0.3, -0.25) is 0 Å². The molecule has 7 N–H and O–H groups in total. The molecule has 0 saturated carbocycles. The Kier molecular flexibility index (Phi) is 6.03. The second kappa shape index (κ2) is 6.70. The van der Waals surface area contributed by atoms with Crippen LogP contribution in [0.5, 0.6) is 0 Å². The highest BCUT2D eigenvalue weighted by Gasteiger charge is 2.56. The van der Waals surface area contributed by atoms with Gasteiger partial charge < -0.3 is 25.7 Å². The molecule has 2 atom stereocenters. The summed E-state index contributed by atoms with van der Waals surface area (Å²) in [6.45, 7) is 0.855. The highest BCUT2D eigenvalue weighted by molar-refractivity contribution is 8.23. The molecule has 1 rings (SSSR count). The van der Waals surface area contributed by atoms with Crippen LogP contribution in [0.1, 0.15) is 6.92 Å². The molecule has 1 heterocycles. The maximum atomic E-state index is 12.1. The number of aliphatic hydroxyl groups is 4. The zero-order chi connectivity index (χ0) is 17.3. The standard InChI is InChI=1S/C9H18N2O8S3/c1-2-11-6-5(3-12)7(20-4-21(10,16)17)22(18,19)8(13)9(6,14)15/h6,8,11-15H,2-4H2,1H3,(H2,10,16,17). The maximum Gasteiger partial charge on any atom is 0.224 e. The average Bonchev–Trinajstić information content (AvgIpc) is 2.37. The van der Waals surface area contributed by atoms with Crippen molar-refractivity contribution in [2.24, 2.45) is 5.14 Å². The molecule has 0 aliphatic carbocycles. The minimum atomic E-state index is -4.67. The number of thioether (sulfide) groups is 1. The molecule has 0 aromatic rings. The largest absolute Gasteiger partial charge is 0.392 e. The van der Waals surface area contributed by atoms with Gasteiger partial charge in [-0.1, -0.05) is 18.7 Å². The number of sulfonamides is 1. The Bertz CT molecular complexity index is 654. The number of primary sulfonamides is 1. The molecule has 0 fully saturated rings. The number of nitrogens with one attached hydrogen (secondary N) is 1. The van der Waals surface area contributed by atoms with Crippen molar-refractivity contribution in [3.8, 4) is 0 Å². The molecule has 2 unspecified atom stereocenters. The zero-order valence-corrected chi connectivity index (χ0v) is 13.9. The van der Waals surface area contributed by atoms with E-state index in [1.54, 1.807) is 6.92 Å². The number of hydrogen-bond donors (Lipinski definition) is 6. The van der Waals surface area contributed by atoms with Crippen molar-refractivity contribution in [3.05, 3.63) is 9.81 Å². The molecule has 0 radical (unpaired) electrons. The first-order chi connectivity index (χ1) is 9.89. The predicted octanol–water partition coefficient (Wildman–Crippen LogP) is -3.42. The summed E-state index contributed by atoms with van der Waals surface area (Å²) < 4.78 is 45.6. The van der Waals surface area contributed by atoms with Gasteiger partial charge in [0.2, 0.25) is 31.1 Å². The van der Waals surface area contributed by atoms with Gasteiger partial charge in [-0.05, 0) is 6.54 Å². The molecule has 0 aromatic heterocycles. The molecule has 10 nitrogen and oxygen atoms in total. The first kappa shape index (κ1) is 19.8. The fourth-order valence-corrected chi connectivity index (χ4v) is 6.13. The monoisotopic (exact) mass is 378 g/mol. The van der Waals surface area contributed by atoms with Crippen molar-refractivity contribution in [3.63, 3.8) is 0 Å². The summed E-state index contributed by atoms with van der Waals surface area (Å²) in [4.78, 5) is 0. The van der Waals surface area contributed by atoms with Gasteiger partial charge in [0.15, 0.2) is 0 Å². The molecular weight excluding hydrogens is 360 g/mol. The molecule has 13 heteroatoms. The van der Waals surface area contributed by atoms with E-state index < -0.39 is 53.1 Å². The van der Waals surface area contributed by atoms with Crippen molar-refractivity contribution in [2.75, 3.05) is 18.2 Å². The topological polar surface area (TPSA) is 187 Å². The molecule has 0 aromatic carbocycles. The van der Waals surface area contributed by atoms with E-state index in [9.17, 15) is 37.3 Å². The fourth-order valence-electron chi connectivity index (χ4n) is 1.97. The van der Waals surface area contributed by atoms with E-state index in [4.69, 9.17) is 5.14 Å². The van der Waals surface area contributed by atoms with E-state index in [1.807, 2.05) is 0 Å². The summed E-state index contributed by atoms with van der Waals surface area (Å²) in [7, 11) is -8.69. The van der Waals surface area contributed by atoms with E-state index in [0.717, 1.165) is 0 Å². The number of sulfone groups is 1. The molecular formula is C9H18N2O8S3. The van der Waals surface area contributed by atoms with Crippen LogP contribution in [0.25, 0.3) is 0 Å². The summed E-state index contributed by atoms with van der Waals surface area (Å²) in [5.41, 5.74) is -2.96. The van der Waals surface area contributed by atoms with E-state index in [2.05, 4.69) is 5.32 Å². The first-order valence-corrected chi connectivity index (χ1v) is 10.2. The van der Waals surface area contributed by atoms with Crippen molar-refractivity contribution in [2.45, 2.75) is 24.2 Å². The maximum absolute atomic E-state index is 12.1. The normalized spacial score (nSPS) is 27.9. The van der Waals surface area contributed by atoms with E-state index >= 15 is 0 Å². The van der Waals surface area contributed by atoms with Gasteiger partial charge in [-0.25, -0.2) is 22.0 Å². The van der Waals surface area contributed by atoms with Gasteiger partial charge in [-0.15, -0.1) is 0 Å². The molecule has 1 aliphatic heterocycles. The van der Waals surface area contributed by atoms with Crippen LogP contribution in [0, 0.1) is 0 Å². The summed E-state index contributed by atoms with van der Waals surface area (Å²) in [5.74, 6) is -3.08. The highest BCUT2D eigenvalue weighted by Crippen LogP contribution is 2.40. The third kappa shape index (κ3) is 3.80. The second-order valence-corrected chi connectivity index (χ2v) is 9.74. The first-order valence-electron chi connectivity index (χ1n) is 5.96. The lowest BCUT2D eigenvalue weighted by Gasteiger charge is -2.40. The van der Waals surface area contributed by atoms with Crippen molar-refractivity contribution in [1.82, 2.24) is 5.32 Å². The summed E-state index contributed by atoms with van der Waals surface area (Å²) >= 11 is 0.275. The molecule has 0 amide bonds. The average molecular weight is 378 g/mol. The van der Waals surface area contributed by atoms with Gasteiger partial charge in [0.25, 0.3) is 0 Å². The summed E-state index contributed by atoms with van der Waals surface area (Å²) in [6.07, 6.45) is 0. The zero-order valence-electron chi connectivity index (χ0n) is 11.5. The third-order valence-electron chi connectivity index (χ3n) is 2.88. The van der Waals surface area contributed by atoms with Gasteiger partial charge in [-0.2, -0.15) is 0 Å². The molecule has 0 saturated heterocycles. The summed E-state index contributed by atoms with van der Waals surface area (Å²) in [6, 6.07) is -1.50. The third-order valence-corrected chi connectivity index (χ3v) is 7.96.